The number of aryl methyl sites for hydroxylation is 2. The SMILES string of the molecule is CCCn1cc(CCNC(=O)Nc2ccc(C)cc2Cl)c2cccnc21. The van der Waals surface area contributed by atoms with Crippen molar-refractivity contribution in [3.63, 3.8) is 0 Å². The van der Waals surface area contributed by atoms with Gasteiger partial charge in [-0.05, 0) is 55.2 Å². The van der Waals surface area contributed by atoms with Gasteiger partial charge in [0.1, 0.15) is 5.65 Å². The Morgan fingerprint density at radius 1 is 1.31 bits per heavy atom. The fourth-order valence-electron chi connectivity index (χ4n) is 3.00. The first-order valence-electron chi connectivity index (χ1n) is 8.82. The van der Waals surface area contributed by atoms with Crippen LogP contribution >= 0.6 is 11.6 Å². The number of nitrogens with zero attached hydrogens (tertiary/aromatic N) is 2. The van der Waals surface area contributed by atoms with Crippen LogP contribution in [0.2, 0.25) is 5.02 Å². The molecule has 0 spiro atoms. The Morgan fingerprint density at radius 3 is 2.92 bits per heavy atom. The highest BCUT2D eigenvalue weighted by Crippen LogP contribution is 2.23. The number of pyridine rings is 1. The zero-order chi connectivity index (χ0) is 18.5. The summed E-state index contributed by atoms with van der Waals surface area (Å²) >= 11 is 6.15. The van der Waals surface area contributed by atoms with E-state index in [9.17, 15) is 4.79 Å². The number of carbonyl (C=O) groups is 1. The Kier molecular flexibility index (Phi) is 5.78. The number of rotatable bonds is 6. The van der Waals surface area contributed by atoms with Gasteiger partial charge in [-0.1, -0.05) is 24.6 Å². The van der Waals surface area contributed by atoms with Crippen LogP contribution in [0, 0.1) is 6.92 Å². The predicted octanol–water partition coefficient (Wildman–Crippen LogP) is 4.77. The number of amides is 2. The van der Waals surface area contributed by atoms with E-state index in [1.165, 1.54) is 5.56 Å². The molecule has 0 atom stereocenters. The number of urea groups is 1. The maximum atomic E-state index is 12.1. The smallest absolute Gasteiger partial charge is 0.319 e. The van der Waals surface area contributed by atoms with E-state index in [-0.39, 0.29) is 6.03 Å². The van der Waals surface area contributed by atoms with Gasteiger partial charge in [-0.15, -0.1) is 0 Å². The lowest BCUT2D eigenvalue weighted by molar-refractivity contribution is 0.252. The molecule has 2 aromatic heterocycles. The minimum Gasteiger partial charge on any atom is -0.338 e. The Morgan fingerprint density at radius 2 is 2.15 bits per heavy atom. The van der Waals surface area contributed by atoms with Crippen LogP contribution in [0.25, 0.3) is 11.0 Å². The molecule has 0 saturated heterocycles. The normalized spacial score (nSPS) is 10.9. The molecule has 2 N–H and O–H groups in total. The van der Waals surface area contributed by atoms with Crippen LogP contribution in [-0.4, -0.2) is 22.1 Å². The molecule has 2 amide bonds. The van der Waals surface area contributed by atoms with E-state index < -0.39 is 0 Å². The molecular formula is C20H23ClN4O. The van der Waals surface area contributed by atoms with Crippen molar-refractivity contribution >= 4 is 34.4 Å². The number of nitrogens with one attached hydrogen (secondary N) is 2. The first-order chi connectivity index (χ1) is 12.6. The first-order valence-corrected chi connectivity index (χ1v) is 9.20. The lowest BCUT2D eigenvalue weighted by Gasteiger charge is -2.09. The second kappa shape index (κ2) is 8.23. The lowest BCUT2D eigenvalue weighted by Crippen LogP contribution is -2.30. The Hall–Kier alpha value is -2.53. The van der Waals surface area contributed by atoms with Gasteiger partial charge in [0.2, 0.25) is 0 Å². The van der Waals surface area contributed by atoms with Crippen LogP contribution in [0.3, 0.4) is 0 Å². The third kappa shape index (κ3) is 4.17. The van der Waals surface area contributed by atoms with E-state index >= 15 is 0 Å². The monoisotopic (exact) mass is 370 g/mol. The van der Waals surface area contributed by atoms with Crippen LogP contribution < -0.4 is 10.6 Å². The van der Waals surface area contributed by atoms with Crippen molar-refractivity contribution in [2.45, 2.75) is 33.2 Å². The molecule has 26 heavy (non-hydrogen) atoms. The van der Waals surface area contributed by atoms with Crippen LogP contribution in [0.15, 0.2) is 42.7 Å². The number of aromatic nitrogens is 2. The Balaban J connectivity index is 1.61. The number of hydrogen-bond acceptors (Lipinski definition) is 2. The topological polar surface area (TPSA) is 59.0 Å². The van der Waals surface area contributed by atoms with Crippen molar-refractivity contribution in [3.8, 4) is 0 Å². The van der Waals surface area contributed by atoms with E-state index in [4.69, 9.17) is 11.6 Å². The molecule has 3 rings (SSSR count). The number of fused-ring (bicyclic) bond motifs is 1. The third-order valence-corrected chi connectivity index (χ3v) is 4.55. The molecular weight excluding hydrogens is 348 g/mol. The molecule has 0 radical (unpaired) electrons. The van der Waals surface area contributed by atoms with Crippen LogP contribution in [-0.2, 0) is 13.0 Å². The molecule has 0 fully saturated rings. The summed E-state index contributed by atoms with van der Waals surface area (Å²) in [7, 11) is 0. The van der Waals surface area contributed by atoms with Gasteiger partial charge in [-0.2, -0.15) is 0 Å². The van der Waals surface area contributed by atoms with E-state index in [1.54, 1.807) is 6.07 Å². The molecule has 5 nitrogen and oxygen atoms in total. The summed E-state index contributed by atoms with van der Waals surface area (Å²) < 4.78 is 2.18. The van der Waals surface area contributed by atoms with Gasteiger partial charge >= 0.3 is 6.03 Å². The first kappa shape index (κ1) is 18.3. The standard InChI is InChI=1S/C20H23ClN4O/c1-3-11-25-13-15(16-5-4-9-22-19(16)25)8-10-23-20(26)24-18-7-6-14(2)12-17(18)21/h4-7,9,12-13H,3,8,10-11H2,1-2H3,(H2,23,24,26). The molecule has 0 aliphatic rings. The second-order valence-electron chi connectivity index (χ2n) is 6.34. The van der Waals surface area contributed by atoms with E-state index in [0.717, 1.165) is 36.0 Å². The summed E-state index contributed by atoms with van der Waals surface area (Å²) in [4.78, 5) is 16.6. The molecule has 0 bridgehead atoms. The zero-order valence-corrected chi connectivity index (χ0v) is 15.8. The fraction of sp³-hybridized carbons (Fsp3) is 0.300. The Labute approximate surface area is 158 Å². The van der Waals surface area contributed by atoms with Gasteiger partial charge in [0.25, 0.3) is 0 Å². The molecule has 0 unspecified atom stereocenters. The van der Waals surface area contributed by atoms with Crippen molar-refractivity contribution < 1.29 is 4.79 Å². The van der Waals surface area contributed by atoms with Gasteiger partial charge < -0.3 is 15.2 Å². The lowest BCUT2D eigenvalue weighted by atomic mass is 10.1. The molecule has 2 heterocycles. The summed E-state index contributed by atoms with van der Waals surface area (Å²) in [5.41, 5.74) is 3.85. The van der Waals surface area contributed by atoms with E-state index in [0.29, 0.717) is 17.3 Å². The quantitative estimate of drug-likeness (QED) is 0.656. The average Bonchev–Trinajstić information content (AvgIpc) is 2.96. The molecule has 0 saturated carbocycles. The van der Waals surface area contributed by atoms with Crippen molar-refractivity contribution in [1.29, 1.82) is 0 Å². The van der Waals surface area contributed by atoms with Crippen molar-refractivity contribution in [2.75, 3.05) is 11.9 Å². The molecule has 3 aromatic rings. The molecule has 0 aliphatic heterocycles. The summed E-state index contributed by atoms with van der Waals surface area (Å²) in [5, 5.41) is 7.36. The fourth-order valence-corrected chi connectivity index (χ4v) is 3.29. The van der Waals surface area contributed by atoms with Crippen LogP contribution in [0.4, 0.5) is 10.5 Å². The number of hydrogen-bond donors (Lipinski definition) is 2. The molecule has 0 aliphatic carbocycles. The summed E-state index contributed by atoms with van der Waals surface area (Å²) in [6.07, 6.45) is 5.75. The van der Waals surface area contributed by atoms with Crippen molar-refractivity contribution in [1.82, 2.24) is 14.9 Å². The van der Waals surface area contributed by atoms with Gasteiger partial charge in [0, 0.05) is 30.9 Å². The maximum absolute atomic E-state index is 12.1. The summed E-state index contributed by atoms with van der Waals surface area (Å²) in [5.74, 6) is 0. The highest BCUT2D eigenvalue weighted by atomic mass is 35.5. The van der Waals surface area contributed by atoms with E-state index in [2.05, 4.69) is 39.4 Å². The highest BCUT2D eigenvalue weighted by molar-refractivity contribution is 6.33. The van der Waals surface area contributed by atoms with Gasteiger partial charge in [0.15, 0.2) is 0 Å². The van der Waals surface area contributed by atoms with E-state index in [1.807, 2.05) is 31.3 Å². The summed E-state index contributed by atoms with van der Waals surface area (Å²) in [6, 6.07) is 9.31. The third-order valence-electron chi connectivity index (χ3n) is 4.23. The van der Waals surface area contributed by atoms with Crippen molar-refractivity contribution in [2.24, 2.45) is 0 Å². The van der Waals surface area contributed by atoms with Crippen molar-refractivity contribution in [3.05, 3.63) is 58.9 Å². The minimum absolute atomic E-state index is 0.258. The molecule has 136 valence electrons. The molecule has 6 heteroatoms. The average molecular weight is 371 g/mol. The number of halogens is 1. The highest BCUT2D eigenvalue weighted by Gasteiger charge is 2.10. The maximum Gasteiger partial charge on any atom is 0.319 e. The molecule has 1 aromatic carbocycles. The number of carbonyl (C=O) groups excluding carboxylic acids is 1. The number of anilines is 1. The van der Waals surface area contributed by atoms with Gasteiger partial charge in [0.05, 0.1) is 10.7 Å². The minimum atomic E-state index is -0.258. The number of benzene rings is 1. The zero-order valence-electron chi connectivity index (χ0n) is 15.1. The largest absolute Gasteiger partial charge is 0.338 e. The Bertz CT molecular complexity index is 919. The van der Waals surface area contributed by atoms with Gasteiger partial charge in [-0.25, -0.2) is 9.78 Å². The predicted molar refractivity (Wildman–Crippen MR) is 107 cm³/mol. The second-order valence-corrected chi connectivity index (χ2v) is 6.74. The van der Waals surface area contributed by atoms with Gasteiger partial charge in [-0.3, -0.25) is 0 Å². The summed E-state index contributed by atoms with van der Waals surface area (Å²) in [6.45, 7) is 5.58. The van der Waals surface area contributed by atoms with Crippen LogP contribution in [0.1, 0.15) is 24.5 Å². The van der Waals surface area contributed by atoms with Crippen LogP contribution in [0.5, 0.6) is 0 Å².